The molecular weight excluding hydrogens is 436 g/mol. The largest absolute Gasteiger partial charge is 0.497 e. The molecule has 2 aromatic carbocycles. The molecule has 0 aliphatic heterocycles. The van der Waals surface area contributed by atoms with Gasteiger partial charge in [-0.2, -0.15) is 15.0 Å². The second-order valence-electron chi connectivity index (χ2n) is 7.14. The number of aromatic nitrogens is 6. The average molecular weight is 463 g/mol. The van der Waals surface area contributed by atoms with E-state index in [1.165, 1.54) is 17.3 Å². The zero-order valence-corrected chi connectivity index (χ0v) is 19.6. The summed E-state index contributed by atoms with van der Waals surface area (Å²) in [5.41, 5.74) is 9.06. The number of benzene rings is 2. The number of hydrogen-bond acceptors (Lipinski definition) is 9. The van der Waals surface area contributed by atoms with Crippen LogP contribution in [0, 0.1) is 0 Å². The van der Waals surface area contributed by atoms with Gasteiger partial charge in [0.1, 0.15) is 11.6 Å². The number of nitrogen functional groups attached to an aromatic ring is 1. The van der Waals surface area contributed by atoms with Gasteiger partial charge in [-0.3, -0.25) is 0 Å². The number of nitrogens with two attached hydrogens (primary N) is 1. The van der Waals surface area contributed by atoms with Crippen LogP contribution in [0.5, 0.6) is 5.75 Å². The number of thioether (sulfide) groups is 1. The molecule has 0 atom stereocenters. The van der Waals surface area contributed by atoms with Crippen molar-refractivity contribution < 1.29 is 4.74 Å². The van der Waals surface area contributed by atoms with E-state index < -0.39 is 0 Å². The molecule has 9 nitrogen and oxygen atoms in total. The Morgan fingerprint density at radius 3 is 2.52 bits per heavy atom. The third kappa shape index (κ3) is 5.23. The lowest BCUT2D eigenvalue weighted by Gasteiger charge is -2.11. The average Bonchev–Trinajstić information content (AvgIpc) is 3.25. The van der Waals surface area contributed by atoms with E-state index in [0.717, 1.165) is 40.9 Å². The van der Waals surface area contributed by atoms with Crippen LogP contribution >= 0.6 is 11.8 Å². The van der Waals surface area contributed by atoms with Crippen LogP contribution in [0.25, 0.3) is 11.4 Å². The minimum atomic E-state index is 0.174. The summed E-state index contributed by atoms with van der Waals surface area (Å²) in [5.74, 6) is 3.26. The summed E-state index contributed by atoms with van der Waals surface area (Å²) in [5, 5.41) is 12.8. The number of anilines is 3. The standard InChI is InChI=1S/C23H26N8OS/c1-4-15-8-6-7-9-18(15)25-22-27-19(26-21(24)28-22)14-33-23-30-29-20(31(23)5-2)16-10-12-17(32-3)13-11-16/h6-13H,4-5,14H2,1-3H3,(H3,24,25,26,27,28). The summed E-state index contributed by atoms with van der Waals surface area (Å²) in [6.07, 6.45) is 0.898. The van der Waals surface area contributed by atoms with Crippen molar-refractivity contribution in [2.75, 3.05) is 18.2 Å². The first-order chi connectivity index (χ1) is 16.1. The lowest BCUT2D eigenvalue weighted by Crippen LogP contribution is -2.07. The summed E-state index contributed by atoms with van der Waals surface area (Å²) >= 11 is 1.51. The van der Waals surface area contributed by atoms with E-state index in [-0.39, 0.29) is 5.95 Å². The Labute approximate surface area is 196 Å². The third-order valence-electron chi connectivity index (χ3n) is 5.06. The first-order valence-corrected chi connectivity index (χ1v) is 11.7. The second kappa shape index (κ2) is 10.3. The molecule has 2 heterocycles. The van der Waals surface area contributed by atoms with Crippen molar-refractivity contribution in [1.29, 1.82) is 0 Å². The molecule has 0 radical (unpaired) electrons. The van der Waals surface area contributed by atoms with Crippen LogP contribution in [0.3, 0.4) is 0 Å². The molecule has 0 aliphatic rings. The van der Waals surface area contributed by atoms with E-state index in [4.69, 9.17) is 10.5 Å². The molecule has 0 fully saturated rings. The minimum Gasteiger partial charge on any atom is -0.497 e. The van der Waals surface area contributed by atoms with Gasteiger partial charge in [0.05, 0.1) is 12.9 Å². The van der Waals surface area contributed by atoms with Gasteiger partial charge in [-0.1, -0.05) is 36.9 Å². The molecule has 10 heteroatoms. The maximum Gasteiger partial charge on any atom is 0.232 e. The highest BCUT2D eigenvalue weighted by Crippen LogP contribution is 2.27. The maximum absolute atomic E-state index is 5.96. The van der Waals surface area contributed by atoms with Crippen molar-refractivity contribution in [1.82, 2.24) is 29.7 Å². The van der Waals surface area contributed by atoms with Crippen molar-refractivity contribution in [3.05, 3.63) is 59.9 Å². The van der Waals surface area contributed by atoms with Crippen LogP contribution in [-0.4, -0.2) is 36.8 Å². The predicted octanol–water partition coefficient (Wildman–Crippen LogP) is 4.34. The summed E-state index contributed by atoms with van der Waals surface area (Å²) in [4.78, 5) is 13.1. The number of ether oxygens (including phenoxy) is 1. The Morgan fingerprint density at radius 2 is 1.79 bits per heavy atom. The highest BCUT2D eigenvalue weighted by Gasteiger charge is 2.15. The van der Waals surface area contributed by atoms with Crippen LogP contribution in [-0.2, 0) is 18.7 Å². The molecule has 0 bridgehead atoms. The number of nitrogens with one attached hydrogen (secondary N) is 1. The zero-order chi connectivity index (χ0) is 23.2. The number of hydrogen-bond donors (Lipinski definition) is 2. The topological polar surface area (TPSA) is 117 Å². The van der Waals surface area contributed by atoms with Gasteiger partial charge in [0, 0.05) is 17.8 Å². The molecule has 3 N–H and O–H groups in total. The summed E-state index contributed by atoms with van der Waals surface area (Å²) < 4.78 is 7.31. The van der Waals surface area contributed by atoms with E-state index in [9.17, 15) is 0 Å². The molecule has 4 aromatic rings. The fourth-order valence-corrected chi connectivity index (χ4v) is 4.25. The summed E-state index contributed by atoms with van der Waals surface area (Å²) in [6, 6.07) is 15.8. The molecular formula is C23H26N8OS. The Balaban J connectivity index is 1.51. The number of para-hydroxylation sites is 1. The van der Waals surface area contributed by atoms with Crippen LogP contribution in [0.4, 0.5) is 17.6 Å². The highest BCUT2D eigenvalue weighted by molar-refractivity contribution is 7.98. The van der Waals surface area contributed by atoms with E-state index >= 15 is 0 Å². The number of rotatable bonds is 9. The Bertz CT molecular complexity index is 1230. The van der Waals surface area contributed by atoms with Gasteiger partial charge >= 0.3 is 0 Å². The predicted molar refractivity (Wildman–Crippen MR) is 131 cm³/mol. The van der Waals surface area contributed by atoms with Gasteiger partial charge in [0.25, 0.3) is 0 Å². The van der Waals surface area contributed by atoms with E-state index in [2.05, 4.69) is 54.9 Å². The molecule has 2 aromatic heterocycles. The highest BCUT2D eigenvalue weighted by atomic mass is 32.2. The SMILES string of the molecule is CCc1ccccc1Nc1nc(N)nc(CSc2nnc(-c3ccc(OC)cc3)n2CC)n1. The number of nitrogens with zero attached hydrogens (tertiary/aromatic N) is 6. The first-order valence-electron chi connectivity index (χ1n) is 10.7. The third-order valence-corrected chi connectivity index (χ3v) is 6.02. The molecule has 170 valence electrons. The molecule has 0 saturated carbocycles. The van der Waals surface area contributed by atoms with Crippen LogP contribution in [0.15, 0.2) is 53.7 Å². The monoisotopic (exact) mass is 462 g/mol. The van der Waals surface area contributed by atoms with Gasteiger partial charge < -0.3 is 20.4 Å². The van der Waals surface area contributed by atoms with Gasteiger partial charge in [-0.25, -0.2) is 0 Å². The number of aryl methyl sites for hydroxylation is 1. The molecule has 33 heavy (non-hydrogen) atoms. The van der Waals surface area contributed by atoms with Crippen molar-refractivity contribution >= 4 is 29.3 Å². The van der Waals surface area contributed by atoms with E-state index in [0.29, 0.717) is 17.5 Å². The normalized spacial score (nSPS) is 10.9. The van der Waals surface area contributed by atoms with Gasteiger partial charge in [0.15, 0.2) is 11.0 Å². The summed E-state index contributed by atoms with van der Waals surface area (Å²) in [7, 11) is 1.65. The maximum atomic E-state index is 5.96. The quantitative estimate of drug-likeness (QED) is 0.350. The van der Waals surface area contributed by atoms with Crippen molar-refractivity contribution in [3.63, 3.8) is 0 Å². The minimum absolute atomic E-state index is 0.174. The smallest absolute Gasteiger partial charge is 0.232 e. The summed E-state index contributed by atoms with van der Waals surface area (Å²) in [6.45, 7) is 4.90. The fourth-order valence-electron chi connectivity index (χ4n) is 3.39. The Hall–Kier alpha value is -3.66. The lowest BCUT2D eigenvalue weighted by atomic mass is 10.1. The fraction of sp³-hybridized carbons (Fsp3) is 0.261. The van der Waals surface area contributed by atoms with E-state index in [1.807, 2.05) is 42.5 Å². The van der Waals surface area contributed by atoms with Gasteiger partial charge in [0.2, 0.25) is 11.9 Å². The molecule has 0 spiro atoms. The number of methoxy groups -OCH3 is 1. The van der Waals surface area contributed by atoms with Crippen molar-refractivity contribution in [2.45, 2.75) is 37.7 Å². The van der Waals surface area contributed by atoms with Crippen molar-refractivity contribution in [2.24, 2.45) is 0 Å². The molecule has 0 unspecified atom stereocenters. The second-order valence-corrected chi connectivity index (χ2v) is 8.08. The van der Waals surface area contributed by atoms with Crippen LogP contribution in [0.2, 0.25) is 0 Å². The first kappa shape index (κ1) is 22.5. The molecule has 4 rings (SSSR count). The van der Waals surface area contributed by atoms with Gasteiger partial charge in [-0.15, -0.1) is 10.2 Å². The van der Waals surface area contributed by atoms with Crippen LogP contribution in [0.1, 0.15) is 25.2 Å². The Kier molecular flexibility index (Phi) is 7.04. The van der Waals surface area contributed by atoms with Gasteiger partial charge in [-0.05, 0) is 49.2 Å². The molecule has 0 aliphatic carbocycles. The van der Waals surface area contributed by atoms with Crippen molar-refractivity contribution in [3.8, 4) is 17.1 Å². The van der Waals surface area contributed by atoms with E-state index in [1.54, 1.807) is 7.11 Å². The zero-order valence-electron chi connectivity index (χ0n) is 18.8. The van der Waals surface area contributed by atoms with Crippen LogP contribution < -0.4 is 15.8 Å². The molecule has 0 saturated heterocycles. The Morgan fingerprint density at radius 1 is 1.00 bits per heavy atom. The molecule has 0 amide bonds. The lowest BCUT2D eigenvalue weighted by molar-refractivity contribution is 0.415.